The molecule has 6 nitrogen and oxygen atoms in total. The van der Waals surface area contributed by atoms with Crippen molar-refractivity contribution in [2.24, 2.45) is 5.92 Å². The van der Waals surface area contributed by atoms with E-state index in [9.17, 15) is 8.42 Å². The highest BCUT2D eigenvalue weighted by atomic mass is 32.2. The van der Waals surface area contributed by atoms with Crippen molar-refractivity contribution in [1.29, 1.82) is 0 Å². The van der Waals surface area contributed by atoms with Gasteiger partial charge in [0.25, 0.3) is 0 Å². The number of piperazine rings is 1. The first-order chi connectivity index (χ1) is 13.1. The summed E-state index contributed by atoms with van der Waals surface area (Å²) in [6.07, 6.45) is 6.83. The van der Waals surface area contributed by atoms with E-state index in [4.69, 9.17) is 0 Å². The van der Waals surface area contributed by atoms with Crippen LogP contribution in [0.2, 0.25) is 0 Å². The van der Waals surface area contributed by atoms with Gasteiger partial charge in [-0.2, -0.15) is 0 Å². The molecule has 0 aliphatic carbocycles. The Morgan fingerprint density at radius 2 is 1.81 bits per heavy atom. The lowest BCUT2D eigenvalue weighted by Crippen LogP contribution is -2.50. The third-order valence-corrected chi connectivity index (χ3v) is 7.43. The van der Waals surface area contributed by atoms with Crippen molar-refractivity contribution >= 4 is 15.7 Å². The van der Waals surface area contributed by atoms with Gasteiger partial charge in [0.05, 0.1) is 23.7 Å². The molecule has 2 fully saturated rings. The Labute approximate surface area is 161 Å². The largest absolute Gasteiger partial charge is 0.352 e. The number of rotatable bonds is 4. The van der Waals surface area contributed by atoms with Gasteiger partial charge >= 0.3 is 0 Å². The molecule has 0 N–H and O–H groups in total. The molecule has 0 amide bonds. The SMILES string of the molecule is O=S1(=O)CCC(CN2CCN(c3cnccn3)CC2c2ccccc2)CC1. The molecule has 0 bridgehead atoms. The van der Waals surface area contributed by atoms with Gasteiger partial charge < -0.3 is 4.90 Å². The Kier molecular flexibility index (Phi) is 5.41. The van der Waals surface area contributed by atoms with Crippen LogP contribution in [0.25, 0.3) is 0 Å². The van der Waals surface area contributed by atoms with Crippen molar-refractivity contribution in [3.8, 4) is 0 Å². The van der Waals surface area contributed by atoms with Crippen LogP contribution >= 0.6 is 0 Å². The maximum atomic E-state index is 11.7. The van der Waals surface area contributed by atoms with Gasteiger partial charge in [0.15, 0.2) is 0 Å². The number of nitrogens with zero attached hydrogens (tertiary/aromatic N) is 4. The molecule has 0 spiro atoms. The molecule has 4 rings (SSSR count). The minimum absolute atomic E-state index is 0.278. The van der Waals surface area contributed by atoms with Crippen molar-refractivity contribution in [2.45, 2.75) is 18.9 Å². The standard InChI is InChI=1S/C20H26N4O2S/c25-27(26)12-6-17(7-13-27)15-23-10-11-24(20-14-21-8-9-22-20)16-19(23)18-4-2-1-3-5-18/h1-5,8-9,14,17,19H,6-7,10-13,15-16H2. The van der Waals surface area contributed by atoms with Crippen molar-refractivity contribution < 1.29 is 8.42 Å². The molecule has 2 aromatic rings. The maximum absolute atomic E-state index is 11.7. The Morgan fingerprint density at radius 3 is 2.52 bits per heavy atom. The third kappa shape index (κ3) is 4.47. The van der Waals surface area contributed by atoms with Crippen molar-refractivity contribution in [1.82, 2.24) is 14.9 Å². The van der Waals surface area contributed by atoms with E-state index in [2.05, 4.69) is 44.0 Å². The summed E-state index contributed by atoms with van der Waals surface area (Å²) in [4.78, 5) is 13.5. The van der Waals surface area contributed by atoms with Gasteiger partial charge in [0.2, 0.25) is 0 Å². The van der Waals surface area contributed by atoms with E-state index in [1.807, 2.05) is 12.3 Å². The second kappa shape index (κ2) is 7.94. The van der Waals surface area contributed by atoms with Gasteiger partial charge in [-0.1, -0.05) is 30.3 Å². The molecule has 3 heterocycles. The summed E-state index contributed by atoms with van der Waals surface area (Å²) in [5, 5.41) is 0. The van der Waals surface area contributed by atoms with Crippen LogP contribution in [0.15, 0.2) is 48.9 Å². The highest BCUT2D eigenvalue weighted by molar-refractivity contribution is 7.91. The average Bonchev–Trinajstić information content (AvgIpc) is 2.71. The molecule has 1 unspecified atom stereocenters. The molecule has 2 saturated heterocycles. The lowest BCUT2D eigenvalue weighted by atomic mass is 9.97. The van der Waals surface area contributed by atoms with Crippen LogP contribution in [-0.2, 0) is 9.84 Å². The molecule has 1 aromatic carbocycles. The Balaban J connectivity index is 1.50. The molecule has 0 radical (unpaired) electrons. The summed E-state index contributed by atoms with van der Waals surface area (Å²) >= 11 is 0. The molecule has 2 aliphatic heterocycles. The number of anilines is 1. The van der Waals surface area contributed by atoms with E-state index in [1.54, 1.807) is 12.4 Å². The minimum Gasteiger partial charge on any atom is -0.352 e. The zero-order valence-electron chi connectivity index (χ0n) is 15.4. The predicted octanol–water partition coefficient (Wildman–Crippen LogP) is 2.16. The zero-order chi connectivity index (χ0) is 18.7. The molecule has 0 saturated carbocycles. The van der Waals surface area contributed by atoms with Crippen LogP contribution in [0, 0.1) is 5.92 Å². The highest BCUT2D eigenvalue weighted by Crippen LogP contribution is 2.30. The average molecular weight is 387 g/mol. The molecule has 144 valence electrons. The summed E-state index contributed by atoms with van der Waals surface area (Å²) in [6.45, 7) is 3.68. The first-order valence-corrected chi connectivity index (χ1v) is 11.4. The number of hydrogen-bond acceptors (Lipinski definition) is 6. The van der Waals surface area contributed by atoms with Gasteiger partial charge in [-0.25, -0.2) is 13.4 Å². The summed E-state index contributed by atoms with van der Waals surface area (Å²) < 4.78 is 23.5. The van der Waals surface area contributed by atoms with Crippen molar-refractivity contribution in [3.63, 3.8) is 0 Å². The highest BCUT2D eigenvalue weighted by Gasteiger charge is 2.32. The fourth-order valence-electron chi connectivity index (χ4n) is 4.15. The lowest BCUT2D eigenvalue weighted by molar-refractivity contribution is 0.145. The third-order valence-electron chi connectivity index (χ3n) is 5.72. The van der Waals surface area contributed by atoms with Gasteiger partial charge in [-0.15, -0.1) is 0 Å². The summed E-state index contributed by atoms with van der Waals surface area (Å²) in [5.74, 6) is 2.06. The van der Waals surface area contributed by atoms with E-state index in [-0.39, 0.29) is 6.04 Å². The van der Waals surface area contributed by atoms with Crippen LogP contribution in [0.4, 0.5) is 5.82 Å². The summed E-state index contributed by atoms with van der Waals surface area (Å²) in [7, 11) is -2.81. The predicted molar refractivity (Wildman–Crippen MR) is 106 cm³/mol. The van der Waals surface area contributed by atoms with Gasteiger partial charge in [-0.05, 0) is 24.3 Å². The van der Waals surface area contributed by atoms with Crippen LogP contribution in [0.1, 0.15) is 24.4 Å². The topological polar surface area (TPSA) is 66.4 Å². The van der Waals surface area contributed by atoms with Gasteiger partial charge in [0.1, 0.15) is 15.7 Å². The molecule has 1 atom stereocenters. The van der Waals surface area contributed by atoms with Crippen LogP contribution < -0.4 is 4.90 Å². The second-order valence-electron chi connectivity index (χ2n) is 7.53. The van der Waals surface area contributed by atoms with Crippen LogP contribution in [0.3, 0.4) is 0 Å². The summed E-state index contributed by atoms with van der Waals surface area (Å²) in [6, 6.07) is 10.9. The molecular weight excluding hydrogens is 360 g/mol. The number of sulfone groups is 1. The fraction of sp³-hybridized carbons (Fsp3) is 0.500. The van der Waals surface area contributed by atoms with Crippen molar-refractivity contribution in [2.75, 3.05) is 42.6 Å². The number of hydrogen-bond donors (Lipinski definition) is 0. The van der Waals surface area contributed by atoms with E-state index >= 15 is 0 Å². The maximum Gasteiger partial charge on any atom is 0.150 e. The smallest absolute Gasteiger partial charge is 0.150 e. The summed E-state index contributed by atoms with van der Waals surface area (Å²) in [5.41, 5.74) is 1.30. The number of benzene rings is 1. The second-order valence-corrected chi connectivity index (χ2v) is 9.83. The van der Waals surface area contributed by atoms with E-state index < -0.39 is 9.84 Å². The normalized spacial score (nSPS) is 24.0. The molecule has 7 heteroatoms. The zero-order valence-corrected chi connectivity index (χ0v) is 16.3. The quantitative estimate of drug-likeness (QED) is 0.802. The van der Waals surface area contributed by atoms with Crippen molar-refractivity contribution in [3.05, 3.63) is 54.5 Å². The van der Waals surface area contributed by atoms with Gasteiger partial charge in [-0.3, -0.25) is 9.88 Å². The first kappa shape index (κ1) is 18.4. The molecule has 2 aliphatic rings. The van der Waals surface area contributed by atoms with Crippen LogP contribution in [0.5, 0.6) is 0 Å². The molecule has 1 aromatic heterocycles. The Bertz CT molecular complexity index is 831. The first-order valence-electron chi connectivity index (χ1n) is 9.61. The van der Waals surface area contributed by atoms with E-state index in [1.165, 1.54) is 5.56 Å². The Hall–Kier alpha value is -1.99. The van der Waals surface area contributed by atoms with E-state index in [0.717, 1.165) is 44.8 Å². The van der Waals surface area contributed by atoms with E-state index in [0.29, 0.717) is 17.4 Å². The monoisotopic (exact) mass is 386 g/mol. The fourth-order valence-corrected chi connectivity index (χ4v) is 5.74. The number of aromatic nitrogens is 2. The Morgan fingerprint density at radius 1 is 1.04 bits per heavy atom. The minimum atomic E-state index is -2.81. The van der Waals surface area contributed by atoms with Crippen LogP contribution in [-0.4, -0.2) is 61.0 Å². The molecule has 27 heavy (non-hydrogen) atoms. The molecular formula is C20H26N4O2S. The lowest BCUT2D eigenvalue weighted by Gasteiger charge is -2.43. The van der Waals surface area contributed by atoms with Gasteiger partial charge in [0, 0.05) is 38.6 Å².